The van der Waals surface area contributed by atoms with E-state index in [9.17, 15) is 9.18 Å². The summed E-state index contributed by atoms with van der Waals surface area (Å²) in [7, 11) is 1.52. The number of nitrogens with one attached hydrogen (secondary N) is 1. The second kappa shape index (κ2) is 10.1. The number of anilines is 1. The lowest BCUT2D eigenvalue weighted by Gasteiger charge is -2.15. The quantitative estimate of drug-likeness (QED) is 0.334. The number of amides is 1. The maximum Gasteiger partial charge on any atom is 0.237 e. The number of carbonyl (C=O) groups excluding carboxylic acids is 1. The van der Waals surface area contributed by atoms with Gasteiger partial charge in [-0.15, -0.1) is 10.2 Å². The molecule has 0 bridgehead atoms. The van der Waals surface area contributed by atoms with Crippen LogP contribution in [0.2, 0.25) is 5.02 Å². The Kier molecular flexibility index (Phi) is 6.96. The van der Waals surface area contributed by atoms with E-state index in [1.54, 1.807) is 37.3 Å². The van der Waals surface area contributed by atoms with Crippen LogP contribution in [-0.2, 0) is 4.79 Å². The third-order valence-corrected chi connectivity index (χ3v) is 6.10. The van der Waals surface area contributed by atoms with E-state index in [2.05, 4.69) is 15.5 Å². The molecule has 1 unspecified atom stereocenters. The van der Waals surface area contributed by atoms with E-state index in [0.717, 1.165) is 5.69 Å². The second-order valence-electron chi connectivity index (χ2n) is 7.08. The lowest BCUT2D eigenvalue weighted by molar-refractivity contribution is -0.115. The molecule has 1 amide bonds. The number of halogens is 2. The van der Waals surface area contributed by atoms with Gasteiger partial charge in [-0.25, -0.2) is 4.39 Å². The van der Waals surface area contributed by atoms with Crippen molar-refractivity contribution in [2.24, 2.45) is 0 Å². The van der Waals surface area contributed by atoms with E-state index < -0.39 is 5.25 Å². The summed E-state index contributed by atoms with van der Waals surface area (Å²) < 4.78 is 20.6. The van der Waals surface area contributed by atoms with Crippen LogP contribution in [0.15, 0.2) is 78.0 Å². The summed E-state index contributed by atoms with van der Waals surface area (Å²) in [6, 6.07) is 20.6. The number of aromatic nitrogens is 3. The summed E-state index contributed by atoms with van der Waals surface area (Å²) in [5.41, 5.74) is 2.02. The van der Waals surface area contributed by atoms with Gasteiger partial charge in [0.15, 0.2) is 11.0 Å². The lowest BCUT2D eigenvalue weighted by Crippen LogP contribution is -2.23. The average Bonchev–Trinajstić information content (AvgIpc) is 3.23. The molecule has 0 aliphatic heterocycles. The topological polar surface area (TPSA) is 69.0 Å². The fourth-order valence-corrected chi connectivity index (χ4v) is 4.21. The molecule has 1 heterocycles. The minimum absolute atomic E-state index is 0.244. The number of rotatable bonds is 7. The molecule has 9 heteroatoms. The van der Waals surface area contributed by atoms with E-state index in [1.807, 2.05) is 34.9 Å². The van der Waals surface area contributed by atoms with Crippen LogP contribution in [0, 0.1) is 5.82 Å². The van der Waals surface area contributed by atoms with Crippen molar-refractivity contribution in [1.82, 2.24) is 14.8 Å². The van der Waals surface area contributed by atoms with Crippen LogP contribution in [0.4, 0.5) is 10.1 Å². The minimum Gasteiger partial charge on any atom is -0.495 e. The van der Waals surface area contributed by atoms with Gasteiger partial charge in [-0.1, -0.05) is 41.6 Å². The first-order chi connectivity index (χ1) is 16.0. The summed E-state index contributed by atoms with van der Waals surface area (Å²) in [6.07, 6.45) is 0. The SMILES string of the molecule is COc1ccc(Cl)cc1NC(=O)C(C)Sc1nnc(-c2ccc(F)cc2)n1-c1ccccc1. The fourth-order valence-electron chi connectivity index (χ4n) is 3.17. The highest BCUT2D eigenvalue weighted by atomic mass is 35.5. The number of methoxy groups -OCH3 is 1. The Morgan fingerprint density at radius 1 is 1.09 bits per heavy atom. The van der Waals surface area contributed by atoms with E-state index in [1.165, 1.54) is 31.0 Å². The zero-order chi connectivity index (χ0) is 23.4. The molecule has 1 atom stereocenters. The van der Waals surface area contributed by atoms with Gasteiger partial charge < -0.3 is 10.1 Å². The molecule has 33 heavy (non-hydrogen) atoms. The Labute approximate surface area is 199 Å². The molecular formula is C24H20ClFN4O2S. The highest BCUT2D eigenvalue weighted by molar-refractivity contribution is 8.00. The largest absolute Gasteiger partial charge is 0.495 e. The molecular weight excluding hydrogens is 463 g/mol. The summed E-state index contributed by atoms with van der Waals surface area (Å²) in [5.74, 6) is 0.483. The highest BCUT2D eigenvalue weighted by Gasteiger charge is 2.22. The Hall–Kier alpha value is -3.36. The Bertz CT molecular complexity index is 1270. The van der Waals surface area contributed by atoms with E-state index >= 15 is 0 Å². The predicted molar refractivity (Wildman–Crippen MR) is 129 cm³/mol. The number of nitrogens with zero attached hydrogens (tertiary/aromatic N) is 3. The third kappa shape index (κ3) is 5.18. The van der Waals surface area contributed by atoms with Crippen LogP contribution in [0.25, 0.3) is 17.1 Å². The van der Waals surface area contributed by atoms with Gasteiger partial charge in [-0.3, -0.25) is 9.36 Å². The molecule has 3 aromatic carbocycles. The van der Waals surface area contributed by atoms with Gasteiger partial charge in [-0.05, 0) is 61.5 Å². The zero-order valence-electron chi connectivity index (χ0n) is 17.8. The molecule has 0 radical (unpaired) electrons. The first kappa shape index (κ1) is 22.8. The van der Waals surface area contributed by atoms with Crippen molar-refractivity contribution in [2.45, 2.75) is 17.3 Å². The van der Waals surface area contributed by atoms with Crippen LogP contribution in [0.1, 0.15) is 6.92 Å². The molecule has 0 spiro atoms. The monoisotopic (exact) mass is 482 g/mol. The summed E-state index contributed by atoms with van der Waals surface area (Å²) >= 11 is 7.33. The van der Waals surface area contributed by atoms with Crippen LogP contribution < -0.4 is 10.1 Å². The zero-order valence-corrected chi connectivity index (χ0v) is 19.4. The van der Waals surface area contributed by atoms with E-state index in [4.69, 9.17) is 16.3 Å². The summed E-state index contributed by atoms with van der Waals surface area (Å²) in [5, 5.41) is 12.0. The van der Waals surface area contributed by atoms with Crippen molar-refractivity contribution in [3.63, 3.8) is 0 Å². The van der Waals surface area contributed by atoms with Crippen molar-refractivity contribution in [3.8, 4) is 22.8 Å². The van der Waals surface area contributed by atoms with Crippen LogP contribution in [0.3, 0.4) is 0 Å². The summed E-state index contributed by atoms with van der Waals surface area (Å²) in [4.78, 5) is 12.9. The molecule has 4 rings (SSSR count). The standard InChI is InChI=1S/C24H20ClFN4O2S/c1-15(23(31)27-20-14-17(25)10-13-21(20)32-2)33-24-29-28-22(16-8-11-18(26)12-9-16)30(24)19-6-4-3-5-7-19/h3-15H,1-2H3,(H,27,31). The average molecular weight is 483 g/mol. The van der Waals surface area contributed by atoms with Gasteiger partial charge in [0.2, 0.25) is 5.91 Å². The van der Waals surface area contributed by atoms with Crippen molar-refractivity contribution in [1.29, 1.82) is 0 Å². The highest BCUT2D eigenvalue weighted by Crippen LogP contribution is 2.32. The molecule has 1 aromatic heterocycles. The van der Waals surface area contributed by atoms with Gasteiger partial charge in [0.05, 0.1) is 18.0 Å². The van der Waals surface area contributed by atoms with E-state index in [0.29, 0.717) is 33.0 Å². The normalized spacial score (nSPS) is 11.8. The first-order valence-corrected chi connectivity index (χ1v) is 11.3. The van der Waals surface area contributed by atoms with Crippen molar-refractivity contribution < 1.29 is 13.9 Å². The number of ether oxygens (including phenoxy) is 1. The third-order valence-electron chi connectivity index (χ3n) is 4.82. The van der Waals surface area contributed by atoms with Gasteiger partial charge in [0, 0.05) is 16.3 Å². The summed E-state index contributed by atoms with van der Waals surface area (Å²) in [6.45, 7) is 1.78. The lowest BCUT2D eigenvalue weighted by atomic mass is 10.2. The van der Waals surface area contributed by atoms with Gasteiger partial charge >= 0.3 is 0 Å². The molecule has 4 aromatic rings. The number of hydrogen-bond acceptors (Lipinski definition) is 5. The molecule has 0 fully saturated rings. The van der Waals surface area contributed by atoms with Crippen molar-refractivity contribution in [2.75, 3.05) is 12.4 Å². The number of hydrogen-bond donors (Lipinski definition) is 1. The number of thioether (sulfide) groups is 1. The van der Waals surface area contributed by atoms with Gasteiger partial charge in [0.1, 0.15) is 11.6 Å². The molecule has 6 nitrogen and oxygen atoms in total. The van der Waals surface area contributed by atoms with Crippen LogP contribution >= 0.6 is 23.4 Å². The van der Waals surface area contributed by atoms with E-state index in [-0.39, 0.29) is 11.7 Å². The number of benzene rings is 3. The Balaban J connectivity index is 1.63. The van der Waals surface area contributed by atoms with Crippen molar-refractivity contribution in [3.05, 3.63) is 83.6 Å². The molecule has 1 N–H and O–H groups in total. The van der Waals surface area contributed by atoms with Crippen molar-refractivity contribution >= 4 is 35.0 Å². The van der Waals surface area contributed by atoms with Crippen LogP contribution in [0.5, 0.6) is 5.75 Å². The van der Waals surface area contributed by atoms with Gasteiger partial charge in [-0.2, -0.15) is 0 Å². The number of para-hydroxylation sites is 1. The maximum absolute atomic E-state index is 13.4. The Morgan fingerprint density at radius 3 is 2.52 bits per heavy atom. The Morgan fingerprint density at radius 2 is 1.82 bits per heavy atom. The first-order valence-electron chi connectivity index (χ1n) is 10.0. The second-order valence-corrected chi connectivity index (χ2v) is 8.82. The fraction of sp³-hybridized carbons (Fsp3) is 0.125. The van der Waals surface area contributed by atoms with Gasteiger partial charge in [0.25, 0.3) is 0 Å². The maximum atomic E-state index is 13.4. The number of carbonyl (C=O) groups is 1. The molecule has 0 aliphatic carbocycles. The predicted octanol–water partition coefficient (Wildman–Crippen LogP) is 5.85. The molecule has 0 saturated heterocycles. The van der Waals surface area contributed by atoms with Crippen LogP contribution in [-0.4, -0.2) is 33.0 Å². The molecule has 0 saturated carbocycles. The smallest absolute Gasteiger partial charge is 0.237 e. The molecule has 0 aliphatic rings. The molecule has 168 valence electrons. The minimum atomic E-state index is -0.513.